The molecule has 14 heteroatoms. The number of hydrogen-bond acceptors (Lipinski definition) is 5. The number of nitrogens with one attached hydrogen (secondary N) is 1. The van der Waals surface area contributed by atoms with Gasteiger partial charge in [-0.25, -0.2) is 4.79 Å². The minimum Gasteiger partial charge on any atom is -0.410 e. The Hall–Kier alpha value is -4.26. The van der Waals surface area contributed by atoms with Gasteiger partial charge in [0.15, 0.2) is 11.4 Å². The van der Waals surface area contributed by atoms with E-state index < -0.39 is 28.7 Å². The highest BCUT2D eigenvalue weighted by Gasteiger charge is 2.39. The number of fused-ring (bicyclic) bond motifs is 2. The van der Waals surface area contributed by atoms with E-state index in [0.717, 1.165) is 40.1 Å². The van der Waals surface area contributed by atoms with Crippen molar-refractivity contribution in [2.45, 2.75) is 32.1 Å². The lowest BCUT2D eigenvalue weighted by molar-refractivity contribution is -0.0601. The van der Waals surface area contributed by atoms with Gasteiger partial charge in [0.25, 0.3) is 5.56 Å². The predicted octanol–water partition coefficient (Wildman–Crippen LogP) is 4.24. The molecule has 1 fully saturated rings. The van der Waals surface area contributed by atoms with E-state index >= 15 is 0 Å². The Kier molecular flexibility index (Phi) is 5.95. The molecule has 0 radical (unpaired) electrons. The highest BCUT2D eigenvalue weighted by molar-refractivity contribution is 6.31. The molecule has 0 saturated heterocycles. The molecule has 208 valence electrons. The zero-order chi connectivity index (χ0) is 28.5. The number of aromatic nitrogens is 6. The van der Waals surface area contributed by atoms with Gasteiger partial charge in [0.1, 0.15) is 11.1 Å². The van der Waals surface area contributed by atoms with Crippen LogP contribution in [0.5, 0.6) is 0 Å². The number of hydrogen-bond donors (Lipinski definition) is 2. The number of halogens is 4. The summed E-state index contributed by atoms with van der Waals surface area (Å²) in [6.45, 7) is 0.488. The molecular weight excluding hydrogens is 551 g/mol. The molecule has 10 nitrogen and oxygen atoms in total. The maximum absolute atomic E-state index is 13.6. The predicted molar refractivity (Wildman–Crippen MR) is 143 cm³/mol. The number of rotatable bonds is 6. The van der Waals surface area contributed by atoms with E-state index in [1.807, 2.05) is 6.07 Å². The fourth-order valence-electron chi connectivity index (χ4n) is 5.11. The number of benzene rings is 1. The molecule has 40 heavy (non-hydrogen) atoms. The smallest absolute Gasteiger partial charge is 0.410 e. The SMILES string of the molecule is Cn1cc(C(=NO)C(F)(F)F)cc1-c1c2c(=O)n(C)c(=O)n(CC3CC3)c2nn1Cc1c[nH]c2ccc(Cl)cc12. The summed E-state index contributed by atoms with van der Waals surface area (Å²) in [6.07, 6.45) is -0.0924. The largest absolute Gasteiger partial charge is 0.437 e. The van der Waals surface area contributed by atoms with E-state index in [1.54, 1.807) is 18.3 Å². The van der Waals surface area contributed by atoms with Crippen molar-refractivity contribution < 1.29 is 18.4 Å². The Morgan fingerprint density at radius 1 is 1.23 bits per heavy atom. The molecule has 0 bridgehead atoms. The van der Waals surface area contributed by atoms with Crippen LogP contribution in [0.2, 0.25) is 5.02 Å². The third kappa shape index (κ3) is 4.21. The molecule has 4 heterocycles. The third-order valence-corrected chi connectivity index (χ3v) is 7.54. The second-order valence-corrected chi connectivity index (χ2v) is 10.5. The summed E-state index contributed by atoms with van der Waals surface area (Å²) >= 11 is 6.23. The summed E-state index contributed by atoms with van der Waals surface area (Å²) < 4.78 is 46.1. The van der Waals surface area contributed by atoms with Crippen LogP contribution in [0, 0.1) is 5.92 Å². The monoisotopic (exact) mass is 573 g/mol. The number of nitrogens with zero attached hydrogens (tertiary/aromatic N) is 6. The van der Waals surface area contributed by atoms with Crippen LogP contribution in [0.1, 0.15) is 24.0 Å². The Morgan fingerprint density at radius 2 is 1.98 bits per heavy atom. The topological polar surface area (TPSA) is 115 Å². The zero-order valence-corrected chi connectivity index (χ0v) is 22.1. The fraction of sp³-hybridized carbons (Fsp3) is 0.308. The summed E-state index contributed by atoms with van der Waals surface area (Å²) in [4.78, 5) is 29.9. The van der Waals surface area contributed by atoms with Crippen molar-refractivity contribution in [1.82, 2.24) is 28.5 Å². The van der Waals surface area contributed by atoms with Gasteiger partial charge in [0.05, 0.1) is 12.2 Å². The van der Waals surface area contributed by atoms with Gasteiger partial charge in [-0.3, -0.25) is 18.6 Å². The Morgan fingerprint density at radius 3 is 2.65 bits per heavy atom. The molecule has 4 aromatic heterocycles. The maximum atomic E-state index is 13.6. The molecule has 5 aromatic rings. The lowest BCUT2D eigenvalue weighted by atomic mass is 10.1. The van der Waals surface area contributed by atoms with Crippen molar-refractivity contribution >= 4 is 39.2 Å². The second kappa shape index (κ2) is 9.15. The first-order valence-electron chi connectivity index (χ1n) is 12.4. The quantitative estimate of drug-likeness (QED) is 0.180. The highest BCUT2D eigenvalue weighted by Crippen LogP contribution is 2.34. The van der Waals surface area contributed by atoms with Crippen LogP contribution in [0.25, 0.3) is 33.3 Å². The van der Waals surface area contributed by atoms with Crippen molar-refractivity contribution in [2.75, 3.05) is 0 Å². The Bertz CT molecular complexity index is 1950. The van der Waals surface area contributed by atoms with Crippen LogP contribution in [-0.4, -0.2) is 45.6 Å². The fourth-order valence-corrected chi connectivity index (χ4v) is 5.28. The van der Waals surface area contributed by atoms with Gasteiger partial charge < -0.3 is 14.8 Å². The zero-order valence-electron chi connectivity index (χ0n) is 21.3. The molecule has 1 aliphatic rings. The van der Waals surface area contributed by atoms with Crippen LogP contribution >= 0.6 is 11.6 Å². The average Bonchev–Trinajstić information content (AvgIpc) is 3.36. The van der Waals surface area contributed by atoms with Gasteiger partial charge in [0.2, 0.25) is 0 Å². The molecule has 0 spiro atoms. The third-order valence-electron chi connectivity index (χ3n) is 7.30. The highest BCUT2D eigenvalue weighted by atomic mass is 35.5. The van der Waals surface area contributed by atoms with Gasteiger partial charge in [0, 0.05) is 54.5 Å². The first-order chi connectivity index (χ1) is 19.0. The van der Waals surface area contributed by atoms with Crippen molar-refractivity contribution in [1.29, 1.82) is 0 Å². The molecule has 0 unspecified atom stereocenters. The molecule has 1 saturated carbocycles. The average molecular weight is 574 g/mol. The first kappa shape index (κ1) is 26.0. The van der Waals surface area contributed by atoms with E-state index in [2.05, 4.69) is 10.1 Å². The van der Waals surface area contributed by atoms with E-state index in [9.17, 15) is 22.8 Å². The summed E-state index contributed by atoms with van der Waals surface area (Å²) in [6, 6.07) is 6.53. The summed E-state index contributed by atoms with van der Waals surface area (Å²) in [5, 5.41) is 17.7. The number of oxime groups is 1. The maximum Gasteiger partial charge on any atom is 0.437 e. The molecule has 6 rings (SSSR count). The molecular formula is C26H23ClF3N7O3. The standard InChI is InChI=1S/C26H23ClF3N7O3/c1-34-11-14(22(33-40)26(28,29)30)7-19(34)21-20-23(36(10-13-3-4-13)25(39)35(2)24(20)38)32-37(21)12-15-9-31-18-6-5-16(27)8-17(15)18/h5-9,11,13,31,40H,3-4,10,12H2,1-2H3. The molecule has 1 aromatic carbocycles. The summed E-state index contributed by atoms with van der Waals surface area (Å²) in [5.74, 6) is 0.277. The normalized spacial score (nSPS) is 14.6. The van der Waals surface area contributed by atoms with E-state index in [1.165, 1.54) is 34.0 Å². The second-order valence-electron chi connectivity index (χ2n) is 10.1. The number of alkyl halides is 3. The minimum absolute atomic E-state index is 0.0999. The van der Waals surface area contributed by atoms with Crippen molar-refractivity contribution in [3.63, 3.8) is 0 Å². The van der Waals surface area contributed by atoms with Crippen molar-refractivity contribution in [3.05, 3.63) is 73.6 Å². The lowest BCUT2D eigenvalue weighted by Gasteiger charge is -2.09. The van der Waals surface area contributed by atoms with Gasteiger partial charge >= 0.3 is 11.9 Å². The van der Waals surface area contributed by atoms with Crippen molar-refractivity contribution in [2.24, 2.45) is 25.2 Å². The van der Waals surface area contributed by atoms with E-state index in [0.29, 0.717) is 11.6 Å². The van der Waals surface area contributed by atoms with Crippen LogP contribution in [-0.2, 0) is 27.2 Å². The van der Waals surface area contributed by atoms with E-state index in [4.69, 9.17) is 21.9 Å². The summed E-state index contributed by atoms with van der Waals surface area (Å²) in [5.41, 5.74) is -0.827. The van der Waals surface area contributed by atoms with Crippen LogP contribution in [0.3, 0.4) is 0 Å². The number of H-pyrrole nitrogens is 1. The minimum atomic E-state index is -4.92. The molecule has 0 aliphatic heterocycles. The Balaban J connectivity index is 1.64. The lowest BCUT2D eigenvalue weighted by Crippen LogP contribution is -2.38. The van der Waals surface area contributed by atoms with Gasteiger partial charge in [-0.15, -0.1) is 0 Å². The van der Waals surface area contributed by atoms with Gasteiger partial charge in [-0.2, -0.15) is 18.3 Å². The van der Waals surface area contributed by atoms with Gasteiger partial charge in [-0.1, -0.05) is 16.8 Å². The molecule has 2 N–H and O–H groups in total. The first-order valence-corrected chi connectivity index (χ1v) is 12.8. The Labute approximate surface area is 228 Å². The molecule has 0 amide bonds. The molecule has 0 atom stereocenters. The number of aryl methyl sites for hydroxylation is 1. The van der Waals surface area contributed by atoms with Crippen LogP contribution in [0.4, 0.5) is 13.2 Å². The van der Waals surface area contributed by atoms with Gasteiger partial charge in [-0.05, 0) is 48.6 Å². The van der Waals surface area contributed by atoms with Crippen LogP contribution in [0.15, 0.2) is 51.4 Å². The van der Waals surface area contributed by atoms with Crippen LogP contribution < -0.4 is 11.2 Å². The van der Waals surface area contributed by atoms with Crippen molar-refractivity contribution in [3.8, 4) is 11.4 Å². The van der Waals surface area contributed by atoms with E-state index in [-0.39, 0.29) is 34.9 Å². The molecule has 1 aliphatic carbocycles. The number of aromatic amines is 1. The summed E-state index contributed by atoms with van der Waals surface area (Å²) in [7, 11) is 2.89.